The molecule has 0 spiro atoms. The van der Waals surface area contributed by atoms with Crippen molar-refractivity contribution in [2.24, 2.45) is 7.05 Å². The first kappa shape index (κ1) is 22.7. The fraction of sp³-hybridized carbons (Fsp3) is 0.261. The number of anilines is 1. The van der Waals surface area contributed by atoms with E-state index >= 15 is 0 Å². The van der Waals surface area contributed by atoms with Gasteiger partial charge in [-0.3, -0.25) is 19.2 Å². The van der Waals surface area contributed by atoms with Crippen LogP contribution in [0.3, 0.4) is 0 Å². The summed E-state index contributed by atoms with van der Waals surface area (Å²) in [6, 6.07) is 11.1. The number of benzene rings is 2. The number of nitrogens with one attached hydrogen (secondary N) is 1. The molecule has 10 heteroatoms. The van der Waals surface area contributed by atoms with Gasteiger partial charge in [0.1, 0.15) is 31.4 Å². The molecule has 2 aromatic carbocycles. The number of hydrogen-bond donors (Lipinski definition) is 1. The Kier molecular flexibility index (Phi) is 6.60. The zero-order valence-corrected chi connectivity index (χ0v) is 18.5. The van der Waals surface area contributed by atoms with Crippen LogP contribution >= 0.6 is 11.6 Å². The Morgan fingerprint density at radius 1 is 1.27 bits per heavy atom. The second kappa shape index (κ2) is 9.58. The maximum absolute atomic E-state index is 14.2. The average Bonchev–Trinajstić information content (AvgIpc) is 3.14. The number of hydrogen-bond acceptors (Lipinski definition) is 4. The highest BCUT2D eigenvalue weighted by atomic mass is 35.5. The normalized spacial score (nSPS) is 11.9. The number of nitrogens with zero attached hydrogens (tertiary/aromatic N) is 3. The summed E-state index contributed by atoms with van der Waals surface area (Å²) in [4.78, 5) is 26.8. The molecule has 7 nitrogen and oxygen atoms in total. The number of carbonyl (C=O) groups is 2. The van der Waals surface area contributed by atoms with Crippen LogP contribution in [0.4, 0.5) is 14.6 Å². The topological polar surface area (TPSA) is 76.5 Å². The molecule has 33 heavy (non-hydrogen) atoms. The summed E-state index contributed by atoms with van der Waals surface area (Å²) in [7, 11) is 1.71. The van der Waals surface area contributed by atoms with Gasteiger partial charge in [0.25, 0.3) is 0 Å². The monoisotopic (exact) mass is 474 g/mol. The Labute approximate surface area is 193 Å². The minimum Gasteiger partial charge on any atom is -0.488 e. The van der Waals surface area contributed by atoms with Crippen LogP contribution in [0, 0.1) is 5.82 Å². The summed E-state index contributed by atoms with van der Waals surface area (Å²) < 4.78 is 34.1. The van der Waals surface area contributed by atoms with E-state index in [9.17, 15) is 18.4 Å². The van der Waals surface area contributed by atoms with Crippen molar-refractivity contribution < 1.29 is 23.1 Å². The van der Waals surface area contributed by atoms with E-state index in [4.69, 9.17) is 16.3 Å². The fourth-order valence-corrected chi connectivity index (χ4v) is 3.94. The molecular formula is C23H21ClF2N4O3. The molecule has 0 aliphatic carbocycles. The van der Waals surface area contributed by atoms with E-state index < -0.39 is 30.9 Å². The number of aryl methyl sites for hydroxylation is 1. The van der Waals surface area contributed by atoms with Crippen molar-refractivity contribution in [2.75, 3.05) is 24.7 Å². The predicted octanol–water partition coefficient (Wildman–Crippen LogP) is 3.43. The number of rotatable bonds is 7. The van der Waals surface area contributed by atoms with Gasteiger partial charge in [-0.25, -0.2) is 8.78 Å². The molecule has 0 unspecified atom stereocenters. The zero-order valence-electron chi connectivity index (χ0n) is 17.8. The third-order valence-corrected chi connectivity index (χ3v) is 5.50. The summed E-state index contributed by atoms with van der Waals surface area (Å²) in [6.45, 7) is -1.20. The minimum atomic E-state index is -0.737. The van der Waals surface area contributed by atoms with E-state index in [1.54, 1.807) is 36.0 Å². The first-order chi connectivity index (χ1) is 15.9. The molecule has 0 bridgehead atoms. The molecule has 1 N–H and O–H groups in total. The lowest BCUT2D eigenvalue weighted by atomic mass is 10.0. The maximum atomic E-state index is 14.2. The number of fused-ring (bicyclic) bond motifs is 3. The van der Waals surface area contributed by atoms with Gasteiger partial charge in [0.15, 0.2) is 5.82 Å². The number of aromatic nitrogens is 2. The lowest BCUT2D eigenvalue weighted by molar-refractivity contribution is -0.123. The summed E-state index contributed by atoms with van der Waals surface area (Å²) in [5.41, 5.74) is 2.18. The number of halogens is 3. The molecule has 0 fully saturated rings. The minimum absolute atomic E-state index is 0.114. The molecule has 0 saturated heterocycles. The van der Waals surface area contributed by atoms with Crippen LogP contribution in [0.25, 0.3) is 11.3 Å². The third kappa shape index (κ3) is 4.68. The Morgan fingerprint density at radius 2 is 2.06 bits per heavy atom. The molecule has 2 heterocycles. The van der Waals surface area contributed by atoms with E-state index in [0.717, 1.165) is 0 Å². The smallest absolute Gasteiger partial charge is 0.240 e. The van der Waals surface area contributed by atoms with Gasteiger partial charge in [0, 0.05) is 24.2 Å². The molecule has 1 aromatic heterocycles. The van der Waals surface area contributed by atoms with E-state index in [2.05, 4.69) is 10.4 Å². The largest absolute Gasteiger partial charge is 0.488 e. The molecule has 4 rings (SSSR count). The highest BCUT2D eigenvalue weighted by Gasteiger charge is 2.31. The molecule has 172 valence electrons. The zero-order chi connectivity index (χ0) is 23.5. The van der Waals surface area contributed by atoms with Crippen molar-refractivity contribution in [3.05, 3.63) is 64.4 Å². The Bertz CT molecular complexity index is 1210. The Balaban J connectivity index is 1.73. The van der Waals surface area contributed by atoms with Gasteiger partial charge >= 0.3 is 0 Å². The summed E-state index contributed by atoms with van der Waals surface area (Å²) in [5.74, 6) is -0.786. The van der Waals surface area contributed by atoms with Gasteiger partial charge in [-0.2, -0.15) is 5.10 Å². The molecule has 1 aliphatic rings. The molecule has 3 aromatic rings. The van der Waals surface area contributed by atoms with Gasteiger partial charge in [-0.1, -0.05) is 29.8 Å². The van der Waals surface area contributed by atoms with E-state index in [-0.39, 0.29) is 31.0 Å². The van der Waals surface area contributed by atoms with Crippen LogP contribution in [-0.4, -0.2) is 41.4 Å². The van der Waals surface area contributed by atoms with Crippen LogP contribution in [0.15, 0.2) is 42.5 Å². The second-order valence-corrected chi connectivity index (χ2v) is 7.93. The van der Waals surface area contributed by atoms with Gasteiger partial charge < -0.3 is 10.1 Å². The van der Waals surface area contributed by atoms with E-state index in [0.29, 0.717) is 27.6 Å². The lowest BCUT2D eigenvalue weighted by Gasteiger charge is -2.24. The fourth-order valence-electron chi connectivity index (χ4n) is 3.77. The number of carbonyl (C=O) groups excluding carboxylic acids is 2. The van der Waals surface area contributed by atoms with Crippen LogP contribution in [0.5, 0.6) is 5.75 Å². The third-order valence-electron chi connectivity index (χ3n) is 5.27. The van der Waals surface area contributed by atoms with Gasteiger partial charge in [-0.05, 0) is 29.8 Å². The molecule has 0 saturated carbocycles. The summed E-state index contributed by atoms with van der Waals surface area (Å²) in [5, 5.41) is 7.40. The highest BCUT2D eigenvalue weighted by molar-refractivity contribution is 6.31. The number of amides is 2. The van der Waals surface area contributed by atoms with Crippen molar-refractivity contribution in [1.82, 2.24) is 15.1 Å². The Hall–Kier alpha value is -3.46. The SMILES string of the molecule is Cn1nc(N(CC(=O)NCCF)C(=O)Cc2ccccc2F)c2c1-c1cc(Cl)ccc1OC2. The van der Waals surface area contributed by atoms with Gasteiger partial charge in [0.2, 0.25) is 11.8 Å². The number of ether oxygens (including phenoxy) is 1. The van der Waals surface area contributed by atoms with Gasteiger partial charge in [0.05, 0.1) is 17.7 Å². The second-order valence-electron chi connectivity index (χ2n) is 7.49. The molecule has 0 atom stereocenters. The standard InChI is InChI=1S/C23H21ClF2N4O3/c1-29-22-16-11-15(24)6-7-19(16)33-13-17(22)23(28-29)30(12-20(31)27-9-8-25)21(32)10-14-4-2-3-5-18(14)26/h2-7,11H,8-10,12-13H2,1H3,(H,27,31). The predicted molar refractivity (Wildman–Crippen MR) is 119 cm³/mol. The average molecular weight is 475 g/mol. The first-order valence-corrected chi connectivity index (χ1v) is 10.6. The van der Waals surface area contributed by atoms with Crippen LogP contribution in [0.2, 0.25) is 5.02 Å². The van der Waals surface area contributed by atoms with E-state index in [1.807, 2.05) is 0 Å². The molecular weight excluding hydrogens is 454 g/mol. The van der Waals surface area contributed by atoms with Gasteiger partial charge in [-0.15, -0.1) is 0 Å². The van der Waals surface area contributed by atoms with E-state index in [1.165, 1.54) is 23.1 Å². The van der Waals surface area contributed by atoms with Crippen molar-refractivity contribution in [2.45, 2.75) is 13.0 Å². The quantitative estimate of drug-likeness (QED) is 0.569. The van der Waals surface area contributed by atoms with Crippen molar-refractivity contribution >= 4 is 29.2 Å². The molecule has 1 aliphatic heterocycles. The first-order valence-electron chi connectivity index (χ1n) is 10.2. The van der Waals surface area contributed by atoms with Crippen LogP contribution in [-0.2, 0) is 29.7 Å². The van der Waals surface area contributed by atoms with Crippen molar-refractivity contribution in [1.29, 1.82) is 0 Å². The molecule has 2 amide bonds. The Morgan fingerprint density at radius 3 is 2.82 bits per heavy atom. The lowest BCUT2D eigenvalue weighted by Crippen LogP contribution is -2.43. The van der Waals surface area contributed by atoms with Crippen molar-refractivity contribution in [3.63, 3.8) is 0 Å². The van der Waals surface area contributed by atoms with Crippen molar-refractivity contribution in [3.8, 4) is 17.0 Å². The maximum Gasteiger partial charge on any atom is 0.240 e. The molecule has 0 radical (unpaired) electrons. The highest BCUT2D eigenvalue weighted by Crippen LogP contribution is 2.42. The number of alkyl halides is 1. The summed E-state index contributed by atoms with van der Waals surface area (Å²) in [6.07, 6.45) is -0.280. The van der Waals surface area contributed by atoms with Crippen LogP contribution in [0.1, 0.15) is 11.1 Å². The summed E-state index contributed by atoms with van der Waals surface area (Å²) >= 11 is 6.17. The van der Waals surface area contributed by atoms with Crippen LogP contribution < -0.4 is 15.0 Å².